The lowest BCUT2D eigenvalue weighted by Crippen LogP contribution is -2.40. The molecule has 5 heteroatoms. The molecule has 0 bridgehead atoms. The van der Waals surface area contributed by atoms with Crippen molar-refractivity contribution >= 4 is 11.5 Å². The summed E-state index contributed by atoms with van der Waals surface area (Å²) in [5.74, 6) is 1.85. The van der Waals surface area contributed by atoms with Crippen LogP contribution in [-0.4, -0.2) is 40.3 Å². The highest BCUT2D eigenvalue weighted by atomic mass is 15.3. The first-order valence-electron chi connectivity index (χ1n) is 7.67. The average Bonchev–Trinajstić information content (AvgIpc) is 3.20. The van der Waals surface area contributed by atoms with E-state index in [0.717, 1.165) is 43.1 Å². The molecule has 2 aromatic heterocycles. The van der Waals surface area contributed by atoms with Crippen LogP contribution in [0.2, 0.25) is 0 Å². The van der Waals surface area contributed by atoms with E-state index in [1.54, 1.807) is 6.20 Å². The second-order valence-electron chi connectivity index (χ2n) is 6.06. The standard InChI is InChI=1S/C15H21N5/c1-2-12(10-16-13-3-4-13)11-19(8-1)14-6-9-20-15(18-14)5-7-17-20/h5-7,9,12-13,16H,1-4,8,10-11H2. The second kappa shape index (κ2) is 5.05. The van der Waals surface area contributed by atoms with Crippen molar-refractivity contribution < 1.29 is 0 Å². The molecule has 5 nitrogen and oxygen atoms in total. The van der Waals surface area contributed by atoms with Crippen molar-refractivity contribution in [3.63, 3.8) is 0 Å². The van der Waals surface area contributed by atoms with Crippen molar-refractivity contribution in [1.82, 2.24) is 19.9 Å². The summed E-state index contributed by atoms with van der Waals surface area (Å²) in [6.45, 7) is 3.41. The van der Waals surface area contributed by atoms with Crippen molar-refractivity contribution in [2.24, 2.45) is 5.92 Å². The molecule has 2 aliphatic rings. The summed E-state index contributed by atoms with van der Waals surface area (Å²) in [5.41, 5.74) is 0.931. The summed E-state index contributed by atoms with van der Waals surface area (Å²) in [6.07, 6.45) is 9.15. The maximum atomic E-state index is 4.71. The smallest absolute Gasteiger partial charge is 0.157 e. The molecule has 1 N–H and O–H groups in total. The normalized spacial score (nSPS) is 23.4. The Morgan fingerprint density at radius 2 is 2.20 bits per heavy atom. The minimum Gasteiger partial charge on any atom is -0.356 e. The van der Waals surface area contributed by atoms with E-state index in [4.69, 9.17) is 4.98 Å². The number of piperidine rings is 1. The average molecular weight is 271 g/mol. The van der Waals surface area contributed by atoms with Gasteiger partial charge in [-0.05, 0) is 44.2 Å². The molecule has 3 heterocycles. The van der Waals surface area contributed by atoms with Crippen LogP contribution in [0, 0.1) is 5.92 Å². The zero-order valence-electron chi connectivity index (χ0n) is 11.7. The lowest BCUT2D eigenvalue weighted by atomic mass is 9.98. The molecule has 106 valence electrons. The summed E-state index contributed by atoms with van der Waals surface area (Å²) in [5, 5.41) is 7.86. The van der Waals surface area contributed by atoms with Crippen LogP contribution in [0.15, 0.2) is 24.5 Å². The summed E-state index contributed by atoms with van der Waals surface area (Å²) in [4.78, 5) is 7.13. The summed E-state index contributed by atoms with van der Waals surface area (Å²) >= 11 is 0. The fraction of sp³-hybridized carbons (Fsp3) is 0.600. The Kier molecular flexibility index (Phi) is 3.07. The van der Waals surface area contributed by atoms with E-state index in [1.807, 2.05) is 16.8 Å². The minimum atomic E-state index is 0.757. The van der Waals surface area contributed by atoms with E-state index in [9.17, 15) is 0 Å². The molecule has 20 heavy (non-hydrogen) atoms. The quantitative estimate of drug-likeness (QED) is 0.919. The fourth-order valence-corrected chi connectivity index (χ4v) is 3.04. The number of hydrogen-bond donors (Lipinski definition) is 1. The van der Waals surface area contributed by atoms with E-state index in [0.29, 0.717) is 0 Å². The van der Waals surface area contributed by atoms with Crippen molar-refractivity contribution in [2.45, 2.75) is 31.7 Å². The SMILES string of the molecule is c1cc2nc(N3CCCC(CNC4CC4)C3)ccn2n1. The van der Waals surface area contributed by atoms with Gasteiger partial charge in [-0.25, -0.2) is 9.50 Å². The minimum absolute atomic E-state index is 0.757. The molecule has 2 fully saturated rings. The molecule has 1 aliphatic heterocycles. The molecular weight excluding hydrogens is 250 g/mol. The van der Waals surface area contributed by atoms with E-state index in [-0.39, 0.29) is 0 Å². The Hall–Kier alpha value is -1.62. The van der Waals surface area contributed by atoms with Gasteiger partial charge in [0.2, 0.25) is 0 Å². The fourth-order valence-electron chi connectivity index (χ4n) is 3.04. The van der Waals surface area contributed by atoms with Crippen molar-refractivity contribution in [2.75, 3.05) is 24.5 Å². The van der Waals surface area contributed by atoms with Crippen LogP contribution in [0.5, 0.6) is 0 Å². The molecule has 0 amide bonds. The number of nitrogens with one attached hydrogen (secondary N) is 1. The Morgan fingerprint density at radius 3 is 3.10 bits per heavy atom. The van der Waals surface area contributed by atoms with Gasteiger partial charge in [0.05, 0.1) is 6.20 Å². The topological polar surface area (TPSA) is 45.5 Å². The lowest BCUT2D eigenvalue weighted by Gasteiger charge is -2.33. The zero-order chi connectivity index (χ0) is 13.4. The molecule has 1 saturated carbocycles. The van der Waals surface area contributed by atoms with Crippen LogP contribution in [0.3, 0.4) is 0 Å². The third-order valence-electron chi connectivity index (χ3n) is 4.36. The first-order chi connectivity index (χ1) is 9.88. The number of rotatable bonds is 4. The van der Waals surface area contributed by atoms with Crippen molar-refractivity contribution in [3.05, 3.63) is 24.5 Å². The van der Waals surface area contributed by atoms with E-state index in [1.165, 1.54) is 25.7 Å². The molecule has 1 atom stereocenters. The first kappa shape index (κ1) is 12.1. The maximum absolute atomic E-state index is 4.71. The van der Waals surface area contributed by atoms with E-state index >= 15 is 0 Å². The monoisotopic (exact) mass is 271 g/mol. The number of hydrogen-bond acceptors (Lipinski definition) is 4. The second-order valence-corrected chi connectivity index (χ2v) is 6.06. The van der Waals surface area contributed by atoms with Crippen molar-refractivity contribution in [1.29, 1.82) is 0 Å². The Morgan fingerprint density at radius 1 is 1.25 bits per heavy atom. The van der Waals surface area contributed by atoms with Crippen LogP contribution in [0.1, 0.15) is 25.7 Å². The van der Waals surface area contributed by atoms with Crippen molar-refractivity contribution in [3.8, 4) is 0 Å². The number of aromatic nitrogens is 3. The number of nitrogens with zero attached hydrogens (tertiary/aromatic N) is 4. The maximum Gasteiger partial charge on any atom is 0.157 e. The molecule has 0 radical (unpaired) electrons. The summed E-state index contributed by atoms with van der Waals surface area (Å²) < 4.78 is 1.82. The predicted molar refractivity (Wildman–Crippen MR) is 78.9 cm³/mol. The molecule has 0 aromatic carbocycles. The summed E-state index contributed by atoms with van der Waals surface area (Å²) in [7, 11) is 0. The molecular formula is C15H21N5. The Balaban J connectivity index is 1.45. The van der Waals surface area contributed by atoms with Gasteiger partial charge in [0.1, 0.15) is 5.82 Å². The van der Waals surface area contributed by atoms with Gasteiger partial charge in [-0.2, -0.15) is 5.10 Å². The highest BCUT2D eigenvalue weighted by Crippen LogP contribution is 2.23. The van der Waals surface area contributed by atoms with Crippen LogP contribution >= 0.6 is 0 Å². The van der Waals surface area contributed by atoms with Crippen LogP contribution in [0.4, 0.5) is 5.82 Å². The highest BCUT2D eigenvalue weighted by Gasteiger charge is 2.25. The van der Waals surface area contributed by atoms with Gasteiger partial charge in [-0.15, -0.1) is 0 Å². The number of fused-ring (bicyclic) bond motifs is 1. The van der Waals surface area contributed by atoms with Crippen LogP contribution in [0.25, 0.3) is 5.65 Å². The molecule has 1 unspecified atom stereocenters. The Bertz CT molecular complexity index is 589. The third kappa shape index (κ3) is 2.50. The van der Waals surface area contributed by atoms with E-state index in [2.05, 4.69) is 21.4 Å². The zero-order valence-corrected chi connectivity index (χ0v) is 11.7. The van der Waals surface area contributed by atoms with Gasteiger partial charge in [-0.3, -0.25) is 0 Å². The summed E-state index contributed by atoms with van der Waals surface area (Å²) in [6, 6.07) is 4.85. The first-order valence-corrected chi connectivity index (χ1v) is 7.67. The lowest BCUT2D eigenvalue weighted by molar-refractivity contribution is 0.389. The molecule has 2 aromatic rings. The van der Waals surface area contributed by atoms with Crippen LogP contribution < -0.4 is 10.2 Å². The van der Waals surface area contributed by atoms with Gasteiger partial charge >= 0.3 is 0 Å². The number of anilines is 1. The van der Waals surface area contributed by atoms with Crippen LogP contribution in [-0.2, 0) is 0 Å². The molecule has 0 spiro atoms. The van der Waals surface area contributed by atoms with Gasteiger partial charge in [0.25, 0.3) is 0 Å². The molecule has 1 aliphatic carbocycles. The largest absolute Gasteiger partial charge is 0.356 e. The van der Waals surface area contributed by atoms with Gasteiger partial charge < -0.3 is 10.2 Å². The highest BCUT2D eigenvalue weighted by molar-refractivity contribution is 5.47. The predicted octanol–water partition coefficient (Wildman–Crippen LogP) is 1.70. The molecule has 1 saturated heterocycles. The Labute approximate surface area is 119 Å². The van der Waals surface area contributed by atoms with Gasteiger partial charge in [0.15, 0.2) is 5.65 Å². The van der Waals surface area contributed by atoms with Gasteiger partial charge in [0, 0.05) is 31.4 Å². The third-order valence-corrected chi connectivity index (χ3v) is 4.36. The van der Waals surface area contributed by atoms with Gasteiger partial charge in [-0.1, -0.05) is 0 Å². The van der Waals surface area contributed by atoms with E-state index < -0.39 is 0 Å². The molecule has 4 rings (SSSR count).